The van der Waals surface area contributed by atoms with Gasteiger partial charge in [-0.1, -0.05) is 0 Å². The van der Waals surface area contributed by atoms with Crippen LogP contribution in [0.25, 0.3) is 22.5 Å². The SMILES string of the molecule is Fc1ccc2[nH]c(-c3nnco3)cc2c1. The predicted molar refractivity (Wildman–Crippen MR) is 51.5 cm³/mol. The molecule has 15 heavy (non-hydrogen) atoms. The van der Waals surface area contributed by atoms with Gasteiger partial charge in [-0.25, -0.2) is 4.39 Å². The van der Waals surface area contributed by atoms with Crippen LogP contribution in [-0.4, -0.2) is 15.2 Å². The number of H-pyrrole nitrogens is 1. The van der Waals surface area contributed by atoms with Crippen molar-refractivity contribution in [3.8, 4) is 11.6 Å². The molecule has 74 valence electrons. The Morgan fingerprint density at radius 3 is 3.00 bits per heavy atom. The number of aromatic nitrogens is 3. The molecule has 2 heterocycles. The Kier molecular flexibility index (Phi) is 1.58. The normalized spacial score (nSPS) is 11.0. The zero-order valence-electron chi connectivity index (χ0n) is 7.57. The van der Waals surface area contributed by atoms with E-state index < -0.39 is 0 Å². The van der Waals surface area contributed by atoms with E-state index in [9.17, 15) is 4.39 Å². The summed E-state index contributed by atoms with van der Waals surface area (Å²) in [5.41, 5.74) is 1.53. The van der Waals surface area contributed by atoms with Gasteiger partial charge in [0.15, 0.2) is 0 Å². The van der Waals surface area contributed by atoms with Crippen LogP contribution < -0.4 is 0 Å². The first kappa shape index (κ1) is 8.16. The van der Waals surface area contributed by atoms with Crippen LogP contribution in [0.5, 0.6) is 0 Å². The fourth-order valence-corrected chi connectivity index (χ4v) is 1.51. The molecule has 0 fully saturated rings. The third-order valence-corrected chi connectivity index (χ3v) is 2.17. The minimum Gasteiger partial charge on any atom is -0.422 e. The molecule has 0 aliphatic heterocycles. The lowest BCUT2D eigenvalue weighted by atomic mass is 10.2. The second kappa shape index (κ2) is 2.91. The van der Waals surface area contributed by atoms with E-state index in [1.807, 2.05) is 0 Å². The number of nitrogens with zero attached hydrogens (tertiary/aromatic N) is 2. The van der Waals surface area contributed by atoms with Crippen LogP contribution in [0.3, 0.4) is 0 Å². The minimum atomic E-state index is -0.265. The summed E-state index contributed by atoms with van der Waals surface area (Å²) in [6, 6.07) is 6.29. The summed E-state index contributed by atoms with van der Waals surface area (Å²) in [6.45, 7) is 0. The third kappa shape index (κ3) is 1.28. The van der Waals surface area contributed by atoms with Gasteiger partial charge in [-0.05, 0) is 24.3 Å². The monoisotopic (exact) mass is 203 g/mol. The molecule has 0 aliphatic carbocycles. The fraction of sp³-hybridized carbons (Fsp3) is 0. The van der Waals surface area contributed by atoms with Crippen molar-refractivity contribution in [2.24, 2.45) is 0 Å². The van der Waals surface area contributed by atoms with Crippen LogP contribution >= 0.6 is 0 Å². The van der Waals surface area contributed by atoms with E-state index in [1.54, 1.807) is 12.1 Å². The maximum Gasteiger partial charge on any atom is 0.263 e. The summed E-state index contributed by atoms with van der Waals surface area (Å²) in [6.07, 6.45) is 1.25. The summed E-state index contributed by atoms with van der Waals surface area (Å²) in [7, 11) is 0. The second-order valence-electron chi connectivity index (χ2n) is 3.16. The topological polar surface area (TPSA) is 54.7 Å². The molecule has 0 saturated carbocycles. The summed E-state index contributed by atoms with van der Waals surface area (Å²) in [5.74, 6) is 0.130. The van der Waals surface area contributed by atoms with Crippen molar-refractivity contribution in [3.63, 3.8) is 0 Å². The summed E-state index contributed by atoms with van der Waals surface area (Å²) >= 11 is 0. The van der Waals surface area contributed by atoms with Crippen molar-refractivity contribution in [3.05, 3.63) is 36.5 Å². The van der Waals surface area contributed by atoms with Crippen molar-refractivity contribution < 1.29 is 8.81 Å². The highest BCUT2D eigenvalue weighted by molar-refractivity contribution is 5.84. The maximum absolute atomic E-state index is 12.9. The first-order valence-electron chi connectivity index (χ1n) is 4.38. The number of fused-ring (bicyclic) bond motifs is 1. The van der Waals surface area contributed by atoms with E-state index >= 15 is 0 Å². The molecular weight excluding hydrogens is 197 g/mol. The Hall–Kier alpha value is -2.17. The average Bonchev–Trinajstić information content (AvgIpc) is 2.84. The lowest BCUT2D eigenvalue weighted by Crippen LogP contribution is -1.76. The molecule has 4 nitrogen and oxygen atoms in total. The third-order valence-electron chi connectivity index (χ3n) is 2.17. The molecule has 0 amide bonds. The summed E-state index contributed by atoms with van der Waals surface area (Å²) in [4.78, 5) is 3.06. The van der Waals surface area contributed by atoms with Gasteiger partial charge >= 0.3 is 0 Å². The molecule has 5 heteroatoms. The Morgan fingerprint density at radius 1 is 1.27 bits per heavy atom. The average molecular weight is 203 g/mol. The maximum atomic E-state index is 12.9. The Labute approximate surface area is 83.7 Å². The van der Waals surface area contributed by atoms with Crippen molar-refractivity contribution in [2.45, 2.75) is 0 Å². The molecule has 0 atom stereocenters. The van der Waals surface area contributed by atoms with E-state index in [0.717, 1.165) is 10.9 Å². The minimum absolute atomic E-state index is 0.265. The zero-order valence-corrected chi connectivity index (χ0v) is 7.57. The van der Waals surface area contributed by atoms with Crippen LogP contribution in [-0.2, 0) is 0 Å². The number of hydrogen-bond donors (Lipinski definition) is 1. The van der Waals surface area contributed by atoms with Crippen molar-refractivity contribution in [2.75, 3.05) is 0 Å². The number of benzene rings is 1. The quantitative estimate of drug-likeness (QED) is 0.660. The molecule has 0 spiro atoms. The number of rotatable bonds is 1. The first-order chi connectivity index (χ1) is 7.33. The fourth-order valence-electron chi connectivity index (χ4n) is 1.51. The molecule has 3 aromatic rings. The van der Waals surface area contributed by atoms with Gasteiger partial charge < -0.3 is 9.40 Å². The smallest absolute Gasteiger partial charge is 0.263 e. The number of nitrogens with one attached hydrogen (secondary N) is 1. The van der Waals surface area contributed by atoms with Crippen LogP contribution in [0.1, 0.15) is 0 Å². The van der Waals surface area contributed by atoms with Gasteiger partial charge in [-0.3, -0.25) is 0 Å². The zero-order chi connectivity index (χ0) is 10.3. The highest BCUT2D eigenvalue weighted by atomic mass is 19.1. The van der Waals surface area contributed by atoms with Crippen LogP contribution in [0, 0.1) is 5.82 Å². The van der Waals surface area contributed by atoms with E-state index in [1.165, 1.54) is 18.5 Å². The molecule has 1 aromatic carbocycles. The van der Waals surface area contributed by atoms with Crippen LogP contribution in [0.2, 0.25) is 0 Å². The molecule has 0 unspecified atom stereocenters. The van der Waals surface area contributed by atoms with Gasteiger partial charge in [-0.2, -0.15) is 0 Å². The van der Waals surface area contributed by atoms with Crippen molar-refractivity contribution >= 4 is 10.9 Å². The second-order valence-corrected chi connectivity index (χ2v) is 3.16. The van der Waals surface area contributed by atoms with Gasteiger partial charge in [0.1, 0.15) is 11.5 Å². The van der Waals surface area contributed by atoms with Crippen LogP contribution in [0.15, 0.2) is 35.1 Å². The van der Waals surface area contributed by atoms with Gasteiger partial charge in [0.05, 0.1) is 0 Å². The largest absolute Gasteiger partial charge is 0.422 e. The van der Waals surface area contributed by atoms with Gasteiger partial charge in [0.2, 0.25) is 6.39 Å². The predicted octanol–water partition coefficient (Wildman–Crippen LogP) is 2.36. The van der Waals surface area contributed by atoms with E-state index in [2.05, 4.69) is 15.2 Å². The lowest BCUT2D eigenvalue weighted by molar-refractivity contribution is 0.567. The molecule has 0 aliphatic rings. The lowest BCUT2D eigenvalue weighted by Gasteiger charge is -1.87. The van der Waals surface area contributed by atoms with Crippen LogP contribution in [0.4, 0.5) is 4.39 Å². The number of aromatic amines is 1. The number of halogens is 1. The Bertz CT molecular complexity index is 600. The van der Waals surface area contributed by atoms with Gasteiger partial charge in [0, 0.05) is 10.9 Å². The van der Waals surface area contributed by atoms with Crippen molar-refractivity contribution in [1.29, 1.82) is 0 Å². The number of hydrogen-bond acceptors (Lipinski definition) is 3. The molecule has 0 radical (unpaired) electrons. The van der Waals surface area contributed by atoms with E-state index in [-0.39, 0.29) is 5.82 Å². The van der Waals surface area contributed by atoms with E-state index in [4.69, 9.17) is 4.42 Å². The Morgan fingerprint density at radius 2 is 2.20 bits per heavy atom. The van der Waals surface area contributed by atoms with Gasteiger partial charge in [0.25, 0.3) is 5.89 Å². The van der Waals surface area contributed by atoms with Gasteiger partial charge in [-0.15, -0.1) is 10.2 Å². The van der Waals surface area contributed by atoms with Crippen molar-refractivity contribution in [1.82, 2.24) is 15.2 Å². The summed E-state index contributed by atoms with van der Waals surface area (Å²) in [5, 5.41) is 8.12. The molecular formula is C10H6FN3O. The highest BCUT2D eigenvalue weighted by Gasteiger charge is 2.07. The summed E-state index contributed by atoms with van der Waals surface area (Å²) < 4.78 is 18.0. The Balaban J connectivity index is 2.22. The molecule has 2 aromatic heterocycles. The van der Waals surface area contributed by atoms with E-state index in [0.29, 0.717) is 11.6 Å². The highest BCUT2D eigenvalue weighted by Crippen LogP contribution is 2.22. The molecule has 1 N–H and O–H groups in total. The first-order valence-corrected chi connectivity index (χ1v) is 4.38. The standard InChI is InChI=1S/C10H6FN3O/c11-7-1-2-8-6(3-7)4-9(13-8)10-14-12-5-15-10/h1-5,13H. The molecule has 0 saturated heterocycles. The molecule has 0 bridgehead atoms. The molecule has 3 rings (SSSR count).